The Morgan fingerprint density at radius 1 is 0.618 bits per heavy atom. The quantitative estimate of drug-likeness (QED) is 0.0183. The maximum Gasteiger partial charge on any atom is 0.469 e. The van der Waals surface area contributed by atoms with Gasteiger partial charge in [-0.15, -0.1) is 0 Å². The number of esters is 2. The zero-order valence-electron chi connectivity index (χ0n) is 34.8. The van der Waals surface area contributed by atoms with E-state index in [-0.39, 0.29) is 19.4 Å². The van der Waals surface area contributed by atoms with E-state index >= 15 is 0 Å². The molecule has 0 radical (unpaired) electrons. The molecule has 0 aliphatic rings. The molecule has 0 fully saturated rings. The van der Waals surface area contributed by atoms with Gasteiger partial charge in [-0.05, 0) is 50.9 Å². The molecule has 0 bridgehead atoms. The highest BCUT2D eigenvalue weighted by molar-refractivity contribution is 7.46. The van der Waals surface area contributed by atoms with Crippen molar-refractivity contribution in [3.63, 3.8) is 0 Å². The summed E-state index contributed by atoms with van der Waals surface area (Å²) in [6.45, 7) is 5.75. The smallest absolute Gasteiger partial charge is 0.462 e. The van der Waals surface area contributed by atoms with E-state index in [9.17, 15) is 19.3 Å². The predicted molar refractivity (Wildman–Crippen MR) is 226 cm³/mol. The summed E-state index contributed by atoms with van der Waals surface area (Å²) in [5.41, 5.74) is 0. The first-order valence-electron chi connectivity index (χ1n) is 21.5. The molecule has 0 aromatic heterocycles. The standard InChI is InChI=1S/C45H79O9P/c1-4-5-35-42(46)36-31-27-23-19-15-12-13-16-20-24-28-32-37-44(47)52-39-43(40-53-55(49,50)51)54-45(48)38-33-29-25-21-17-11-9-7-6-8-10-14-18-22-26-30-34-41(2)3/h5,12-13,19-20,23-24,27,31,35,41-43,46H,4,6-11,14-18,21-22,25-26,28-30,32-34,36-40H2,1-3H3,(H2,49,50,51)/b13-12-,23-19-,24-20-,31-27+,35-5-/t42?,43-/m1/s1. The van der Waals surface area contributed by atoms with Crippen LogP contribution in [-0.2, 0) is 28.2 Å². The molecule has 0 heterocycles. The number of carbonyl (C=O) groups excluding carboxylic acids is 2. The fraction of sp³-hybridized carbons (Fsp3) is 0.733. The Morgan fingerprint density at radius 3 is 1.69 bits per heavy atom. The molecular formula is C45H79O9P. The lowest BCUT2D eigenvalue weighted by Gasteiger charge is -2.18. The topological polar surface area (TPSA) is 140 Å². The Bertz CT molecular complexity index is 1110. The van der Waals surface area contributed by atoms with Crippen molar-refractivity contribution in [2.75, 3.05) is 13.2 Å². The van der Waals surface area contributed by atoms with Crippen LogP contribution in [0.15, 0.2) is 60.8 Å². The Labute approximate surface area is 335 Å². The lowest BCUT2D eigenvalue weighted by atomic mass is 10.0. The molecule has 0 amide bonds. The van der Waals surface area contributed by atoms with Crippen molar-refractivity contribution in [1.82, 2.24) is 0 Å². The third-order valence-electron chi connectivity index (χ3n) is 9.05. The van der Waals surface area contributed by atoms with E-state index in [1.165, 1.54) is 83.5 Å². The van der Waals surface area contributed by atoms with Crippen LogP contribution in [0.25, 0.3) is 0 Å². The van der Waals surface area contributed by atoms with Crippen molar-refractivity contribution in [2.24, 2.45) is 5.92 Å². The predicted octanol–water partition coefficient (Wildman–Crippen LogP) is 12.1. The van der Waals surface area contributed by atoms with E-state index in [0.717, 1.165) is 44.4 Å². The summed E-state index contributed by atoms with van der Waals surface area (Å²) in [6, 6.07) is 0. The number of phosphoric acid groups is 1. The highest BCUT2D eigenvalue weighted by atomic mass is 31.2. The third-order valence-corrected chi connectivity index (χ3v) is 9.54. The van der Waals surface area contributed by atoms with Crippen LogP contribution in [0, 0.1) is 5.92 Å². The molecule has 0 saturated carbocycles. The first-order chi connectivity index (χ1) is 26.5. The number of hydrogen-bond donors (Lipinski definition) is 3. The molecule has 0 aliphatic carbocycles. The molecule has 55 heavy (non-hydrogen) atoms. The van der Waals surface area contributed by atoms with Crippen LogP contribution < -0.4 is 0 Å². The second-order valence-corrected chi connectivity index (χ2v) is 16.2. The highest BCUT2D eigenvalue weighted by Crippen LogP contribution is 2.36. The van der Waals surface area contributed by atoms with Crippen LogP contribution in [0.5, 0.6) is 0 Å². The highest BCUT2D eigenvalue weighted by Gasteiger charge is 2.22. The largest absolute Gasteiger partial charge is 0.469 e. The van der Waals surface area contributed by atoms with Crippen LogP contribution in [0.4, 0.5) is 0 Å². The molecule has 0 aromatic carbocycles. The second kappa shape index (κ2) is 38.6. The van der Waals surface area contributed by atoms with Crippen LogP contribution in [0.3, 0.4) is 0 Å². The fourth-order valence-corrected chi connectivity index (χ4v) is 6.21. The minimum absolute atomic E-state index is 0.170. The van der Waals surface area contributed by atoms with Crippen molar-refractivity contribution in [1.29, 1.82) is 0 Å². The van der Waals surface area contributed by atoms with Gasteiger partial charge in [-0.3, -0.25) is 14.1 Å². The van der Waals surface area contributed by atoms with Crippen LogP contribution >= 0.6 is 7.82 Å². The molecule has 9 nitrogen and oxygen atoms in total. The Hall–Kier alpha value is -2.29. The maximum absolute atomic E-state index is 12.4. The average Bonchev–Trinajstić information content (AvgIpc) is 3.14. The summed E-state index contributed by atoms with van der Waals surface area (Å²) in [5.74, 6) is -0.141. The van der Waals surface area contributed by atoms with Gasteiger partial charge in [-0.25, -0.2) is 4.57 Å². The molecule has 0 spiro atoms. The Balaban J connectivity index is 4.01. The number of aliphatic hydroxyl groups is 1. The molecule has 3 N–H and O–H groups in total. The van der Waals surface area contributed by atoms with Gasteiger partial charge in [-0.1, -0.05) is 184 Å². The molecule has 10 heteroatoms. The Kier molecular flexibility index (Phi) is 37.0. The summed E-state index contributed by atoms with van der Waals surface area (Å²) in [4.78, 5) is 42.9. The summed E-state index contributed by atoms with van der Waals surface area (Å²) >= 11 is 0. The average molecular weight is 795 g/mol. The summed E-state index contributed by atoms with van der Waals surface area (Å²) in [6.07, 6.45) is 44.4. The van der Waals surface area contributed by atoms with E-state index in [1.807, 2.05) is 55.5 Å². The van der Waals surface area contributed by atoms with Crippen molar-refractivity contribution >= 4 is 19.8 Å². The van der Waals surface area contributed by atoms with Crippen molar-refractivity contribution in [3.05, 3.63) is 60.8 Å². The van der Waals surface area contributed by atoms with Gasteiger partial charge in [0, 0.05) is 12.8 Å². The van der Waals surface area contributed by atoms with Crippen molar-refractivity contribution < 1.29 is 43.0 Å². The molecule has 1 unspecified atom stereocenters. The van der Waals surface area contributed by atoms with Gasteiger partial charge in [0.2, 0.25) is 0 Å². The van der Waals surface area contributed by atoms with Crippen LogP contribution in [-0.4, -0.2) is 52.3 Å². The summed E-state index contributed by atoms with van der Waals surface area (Å²) in [5, 5.41) is 9.74. The van der Waals surface area contributed by atoms with Gasteiger partial charge in [-0.2, -0.15) is 0 Å². The van der Waals surface area contributed by atoms with Gasteiger partial charge in [0.25, 0.3) is 0 Å². The molecule has 0 aromatic rings. The van der Waals surface area contributed by atoms with E-state index in [4.69, 9.17) is 19.3 Å². The first-order valence-corrected chi connectivity index (χ1v) is 23.1. The van der Waals surface area contributed by atoms with Gasteiger partial charge in [0.1, 0.15) is 6.61 Å². The van der Waals surface area contributed by atoms with E-state index in [1.54, 1.807) is 0 Å². The monoisotopic (exact) mass is 795 g/mol. The zero-order valence-corrected chi connectivity index (χ0v) is 35.7. The zero-order chi connectivity index (χ0) is 40.7. The first kappa shape index (κ1) is 52.7. The van der Waals surface area contributed by atoms with Crippen LogP contribution in [0.1, 0.15) is 181 Å². The van der Waals surface area contributed by atoms with Gasteiger partial charge < -0.3 is 24.4 Å². The molecule has 0 rings (SSSR count). The fourth-order valence-electron chi connectivity index (χ4n) is 5.85. The van der Waals surface area contributed by atoms with Crippen LogP contribution in [0.2, 0.25) is 0 Å². The summed E-state index contributed by atoms with van der Waals surface area (Å²) in [7, 11) is -4.78. The van der Waals surface area contributed by atoms with Gasteiger partial charge in [0.15, 0.2) is 6.10 Å². The van der Waals surface area contributed by atoms with Gasteiger partial charge >= 0.3 is 19.8 Å². The van der Waals surface area contributed by atoms with Crippen molar-refractivity contribution in [2.45, 2.75) is 193 Å². The SMILES string of the molecule is CC/C=C\C(O)C/C=C/C=C\C/C=C\C/C=C\CCCC(=O)OC[C@H](COP(=O)(O)O)OC(=O)CCCCCCCCCCCCCCCCCCC(C)C. The number of unbranched alkanes of at least 4 members (excludes halogenated alkanes) is 16. The third kappa shape index (κ3) is 42.7. The molecule has 318 valence electrons. The van der Waals surface area contributed by atoms with Gasteiger partial charge in [0.05, 0.1) is 12.7 Å². The second-order valence-electron chi connectivity index (χ2n) is 15.0. The number of ether oxygens (including phenoxy) is 2. The lowest BCUT2D eigenvalue weighted by Crippen LogP contribution is -2.29. The number of aliphatic hydroxyl groups excluding tert-OH is 1. The maximum atomic E-state index is 12.4. The molecule has 0 aliphatic heterocycles. The van der Waals surface area contributed by atoms with E-state index < -0.39 is 38.6 Å². The molecule has 0 saturated heterocycles. The minimum atomic E-state index is -4.78. The number of carbonyl (C=O) groups is 2. The Morgan fingerprint density at radius 2 is 1.13 bits per heavy atom. The summed E-state index contributed by atoms with van der Waals surface area (Å²) < 4.78 is 26.3. The van der Waals surface area contributed by atoms with E-state index in [2.05, 4.69) is 30.5 Å². The van der Waals surface area contributed by atoms with Crippen molar-refractivity contribution in [3.8, 4) is 0 Å². The molecule has 2 atom stereocenters. The number of hydrogen-bond acceptors (Lipinski definition) is 7. The normalized spacial score (nSPS) is 13.7. The minimum Gasteiger partial charge on any atom is -0.462 e. The lowest BCUT2D eigenvalue weighted by molar-refractivity contribution is -0.161. The number of phosphoric ester groups is 1. The number of rotatable bonds is 38. The molecular weight excluding hydrogens is 715 g/mol. The van der Waals surface area contributed by atoms with E-state index in [0.29, 0.717) is 25.7 Å². The number of allylic oxidation sites excluding steroid dienone is 8.